The number of sulfonamides is 1. The van der Waals surface area contributed by atoms with E-state index in [4.69, 9.17) is 16.9 Å². The molecule has 0 aliphatic carbocycles. The van der Waals surface area contributed by atoms with E-state index in [0.717, 1.165) is 10.6 Å². The Kier molecular flexibility index (Phi) is 6.33. The first kappa shape index (κ1) is 23.8. The molecule has 1 N–H and O–H groups in total. The van der Waals surface area contributed by atoms with Gasteiger partial charge in [0.1, 0.15) is 0 Å². The van der Waals surface area contributed by atoms with Gasteiger partial charge in [0, 0.05) is 43.0 Å². The van der Waals surface area contributed by atoms with E-state index in [1.165, 1.54) is 15.6 Å². The SMILES string of the molecule is N#CN1CC[C@@H](C(=O)Nc2nc3c(s2)CN(C(=O)c2ccc(Cl)c(N4CCCS4(=O)=O)c2)CC3)C1. The van der Waals surface area contributed by atoms with Crippen LogP contribution < -0.4 is 9.62 Å². The topological polar surface area (TPSA) is 127 Å². The van der Waals surface area contributed by atoms with Gasteiger partial charge in [-0.15, -0.1) is 0 Å². The van der Waals surface area contributed by atoms with Crippen molar-refractivity contribution in [1.29, 1.82) is 5.26 Å². The van der Waals surface area contributed by atoms with Gasteiger partial charge in [-0.3, -0.25) is 13.9 Å². The molecule has 1 atom stereocenters. The molecule has 0 bridgehead atoms. The maximum atomic E-state index is 13.3. The standard InChI is InChI=1S/C22H23ClN6O4S2/c23-16-3-2-14(10-18(16)29-6-1-9-35(29,32)33)21(31)28-8-5-17-19(12-28)34-22(25-17)26-20(30)15-4-7-27(11-15)13-24/h2-3,10,15H,1,4-9,11-12H2,(H,25,26,30)/t15-/m1/s1. The van der Waals surface area contributed by atoms with Gasteiger partial charge >= 0.3 is 0 Å². The van der Waals surface area contributed by atoms with E-state index < -0.39 is 10.0 Å². The van der Waals surface area contributed by atoms with Gasteiger partial charge in [0.2, 0.25) is 15.9 Å². The molecule has 2 aromatic rings. The summed E-state index contributed by atoms with van der Waals surface area (Å²) in [7, 11) is -3.42. The predicted octanol–water partition coefficient (Wildman–Crippen LogP) is 2.28. The molecule has 184 valence electrons. The van der Waals surface area contributed by atoms with E-state index in [2.05, 4.69) is 16.5 Å². The first-order chi connectivity index (χ1) is 16.7. The largest absolute Gasteiger partial charge is 0.333 e. The lowest BCUT2D eigenvalue weighted by molar-refractivity contribution is -0.119. The Morgan fingerprint density at radius 3 is 2.80 bits per heavy atom. The van der Waals surface area contributed by atoms with Crippen LogP contribution in [0.5, 0.6) is 0 Å². The van der Waals surface area contributed by atoms with Crippen molar-refractivity contribution in [2.24, 2.45) is 5.92 Å². The molecule has 10 nitrogen and oxygen atoms in total. The highest BCUT2D eigenvalue weighted by atomic mass is 35.5. The van der Waals surface area contributed by atoms with Crippen molar-refractivity contribution >= 4 is 55.6 Å². The number of likely N-dealkylation sites (tertiary alicyclic amines) is 1. The quantitative estimate of drug-likeness (QED) is 0.596. The van der Waals surface area contributed by atoms with Gasteiger partial charge in [-0.2, -0.15) is 5.26 Å². The number of benzene rings is 1. The third-order valence-electron chi connectivity index (χ3n) is 6.51. The normalized spacial score (nSPS) is 21.0. The van der Waals surface area contributed by atoms with Crippen LogP contribution in [-0.2, 0) is 27.8 Å². The molecule has 3 aliphatic rings. The average molecular weight is 535 g/mol. The van der Waals surface area contributed by atoms with Crippen LogP contribution in [0.2, 0.25) is 5.02 Å². The number of nitrogens with one attached hydrogen (secondary N) is 1. The molecule has 2 fully saturated rings. The molecule has 5 rings (SSSR count). The summed E-state index contributed by atoms with van der Waals surface area (Å²) < 4.78 is 26.0. The highest BCUT2D eigenvalue weighted by molar-refractivity contribution is 7.93. The Balaban J connectivity index is 1.28. The van der Waals surface area contributed by atoms with Crippen LogP contribution in [-0.4, -0.2) is 66.9 Å². The number of nitriles is 1. The molecular formula is C22H23ClN6O4S2. The summed E-state index contributed by atoms with van der Waals surface area (Å²) in [5.74, 6) is -0.538. The zero-order valence-electron chi connectivity index (χ0n) is 18.7. The second-order valence-corrected chi connectivity index (χ2v) is 12.3. The second kappa shape index (κ2) is 9.29. The monoisotopic (exact) mass is 534 g/mol. The first-order valence-corrected chi connectivity index (χ1v) is 14.1. The Bertz CT molecular complexity index is 1340. The summed E-state index contributed by atoms with van der Waals surface area (Å²) in [4.78, 5) is 34.5. The van der Waals surface area contributed by atoms with E-state index in [9.17, 15) is 18.0 Å². The Morgan fingerprint density at radius 2 is 2.09 bits per heavy atom. The molecule has 3 aliphatic heterocycles. The van der Waals surface area contributed by atoms with Crippen LogP contribution in [0, 0.1) is 17.4 Å². The minimum atomic E-state index is -3.42. The van der Waals surface area contributed by atoms with Crippen LogP contribution in [0.25, 0.3) is 0 Å². The lowest BCUT2D eigenvalue weighted by Crippen LogP contribution is -2.35. The van der Waals surface area contributed by atoms with Gasteiger partial charge in [-0.1, -0.05) is 22.9 Å². The van der Waals surface area contributed by atoms with Crippen molar-refractivity contribution in [1.82, 2.24) is 14.8 Å². The molecule has 2 saturated heterocycles. The van der Waals surface area contributed by atoms with Gasteiger partial charge in [0.15, 0.2) is 11.3 Å². The lowest BCUT2D eigenvalue weighted by atomic mass is 10.1. The molecule has 1 aromatic heterocycles. The molecule has 1 aromatic carbocycles. The van der Waals surface area contributed by atoms with Crippen molar-refractivity contribution < 1.29 is 18.0 Å². The summed E-state index contributed by atoms with van der Waals surface area (Å²) in [5.41, 5.74) is 1.56. The number of amides is 2. The molecule has 0 radical (unpaired) electrons. The van der Waals surface area contributed by atoms with E-state index in [1.54, 1.807) is 28.0 Å². The minimum Gasteiger partial charge on any atom is -0.333 e. The molecule has 0 saturated carbocycles. The van der Waals surface area contributed by atoms with Crippen molar-refractivity contribution in [2.75, 3.05) is 41.6 Å². The number of hydrogen-bond donors (Lipinski definition) is 1. The van der Waals surface area contributed by atoms with Gasteiger partial charge in [0.25, 0.3) is 5.91 Å². The van der Waals surface area contributed by atoms with Crippen LogP contribution in [0.15, 0.2) is 18.2 Å². The number of hydrogen-bond acceptors (Lipinski definition) is 8. The molecule has 35 heavy (non-hydrogen) atoms. The van der Waals surface area contributed by atoms with Gasteiger partial charge < -0.3 is 15.1 Å². The Labute approximate surface area is 212 Å². The Morgan fingerprint density at radius 1 is 1.26 bits per heavy atom. The average Bonchev–Trinajstić information content (AvgIpc) is 3.56. The number of carbonyl (C=O) groups is 2. The summed E-state index contributed by atoms with van der Waals surface area (Å²) in [6.07, 6.45) is 3.78. The minimum absolute atomic E-state index is 0.0674. The second-order valence-electron chi connectivity index (χ2n) is 8.79. The van der Waals surface area contributed by atoms with E-state index in [0.29, 0.717) is 68.4 Å². The zero-order valence-corrected chi connectivity index (χ0v) is 21.1. The van der Waals surface area contributed by atoms with E-state index in [1.807, 2.05) is 0 Å². The van der Waals surface area contributed by atoms with E-state index in [-0.39, 0.29) is 28.5 Å². The molecule has 0 unspecified atom stereocenters. The molecule has 4 heterocycles. The van der Waals surface area contributed by atoms with Gasteiger partial charge in [-0.25, -0.2) is 13.4 Å². The fraction of sp³-hybridized carbons (Fsp3) is 0.455. The van der Waals surface area contributed by atoms with Gasteiger partial charge in [-0.05, 0) is 31.0 Å². The summed E-state index contributed by atoms with van der Waals surface area (Å²) in [6.45, 7) is 2.15. The maximum Gasteiger partial charge on any atom is 0.254 e. The number of aromatic nitrogens is 1. The number of thiazole rings is 1. The number of fused-ring (bicyclic) bond motifs is 1. The van der Waals surface area contributed by atoms with Crippen LogP contribution in [0.1, 0.15) is 33.8 Å². The molecule has 0 spiro atoms. The van der Waals surface area contributed by atoms with Crippen LogP contribution >= 0.6 is 22.9 Å². The van der Waals surface area contributed by atoms with E-state index >= 15 is 0 Å². The number of anilines is 2. The highest BCUT2D eigenvalue weighted by Gasteiger charge is 2.32. The maximum absolute atomic E-state index is 13.3. The van der Waals surface area contributed by atoms with Crippen LogP contribution in [0.3, 0.4) is 0 Å². The van der Waals surface area contributed by atoms with Crippen molar-refractivity contribution in [3.63, 3.8) is 0 Å². The number of halogens is 1. The van der Waals surface area contributed by atoms with Crippen LogP contribution in [0.4, 0.5) is 10.8 Å². The third kappa shape index (κ3) is 4.68. The predicted molar refractivity (Wildman–Crippen MR) is 132 cm³/mol. The molecular weight excluding hydrogens is 512 g/mol. The molecule has 2 amide bonds. The number of nitrogens with zero attached hydrogens (tertiary/aromatic N) is 5. The fourth-order valence-electron chi connectivity index (χ4n) is 4.62. The van der Waals surface area contributed by atoms with Crippen molar-refractivity contribution in [2.45, 2.75) is 25.8 Å². The third-order valence-corrected chi connectivity index (χ3v) is 9.68. The Hall–Kier alpha value is -2.88. The number of rotatable bonds is 4. The number of carbonyl (C=O) groups excluding carboxylic acids is 2. The highest BCUT2D eigenvalue weighted by Crippen LogP contribution is 2.34. The summed E-state index contributed by atoms with van der Waals surface area (Å²) in [5, 5.41) is 12.6. The molecule has 13 heteroatoms. The fourth-order valence-corrected chi connectivity index (χ4v) is 7.49. The summed E-state index contributed by atoms with van der Waals surface area (Å²) >= 11 is 7.62. The zero-order chi connectivity index (χ0) is 24.7. The van der Waals surface area contributed by atoms with Crippen molar-refractivity contribution in [3.8, 4) is 6.19 Å². The van der Waals surface area contributed by atoms with Crippen molar-refractivity contribution in [3.05, 3.63) is 39.4 Å². The van der Waals surface area contributed by atoms with Gasteiger partial charge in [0.05, 0.1) is 34.6 Å². The first-order valence-electron chi connectivity index (χ1n) is 11.3. The lowest BCUT2D eigenvalue weighted by Gasteiger charge is -2.27. The summed E-state index contributed by atoms with van der Waals surface area (Å²) in [6, 6.07) is 4.72. The smallest absolute Gasteiger partial charge is 0.254 e.